The number of halogens is 1. The Labute approximate surface area is 221 Å². The highest BCUT2D eigenvalue weighted by atomic mass is 79.9. The maximum absolute atomic E-state index is 13.1. The fraction of sp³-hybridized carbons (Fsp3) is 0.615. The van der Waals surface area contributed by atoms with E-state index < -0.39 is 29.7 Å². The van der Waals surface area contributed by atoms with Gasteiger partial charge in [0.2, 0.25) is 17.6 Å². The Balaban J connectivity index is 1.98. The number of carbonyl (C=O) groups excluding carboxylic acids is 4. The van der Waals surface area contributed by atoms with Gasteiger partial charge in [-0.3, -0.25) is 19.2 Å². The number of thioether (sulfide) groups is 1. The lowest BCUT2D eigenvalue weighted by atomic mass is 9.98. The van der Waals surface area contributed by atoms with Gasteiger partial charge < -0.3 is 16.0 Å². The number of Topliss-reactive ketones (excluding diaryl/α,β-unsaturated/α-hetero) is 1. The van der Waals surface area contributed by atoms with Gasteiger partial charge >= 0.3 is 0 Å². The molecule has 0 bridgehead atoms. The lowest BCUT2D eigenvalue weighted by molar-refractivity contribution is -0.140. The summed E-state index contributed by atoms with van der Waals surface area (Å²) in [6, 6.07) is 5.53. The molecular weight excluding hydrogens is 530 g/mol. The number of hydrogen-bond acceptors (Lipinski definition) is 5. The maximum atomic E-state index is 13.1. The van der Waals surface area contributed by atoms with Crippen LogP contribution in [0.4, 0.5) is 0 Å². The number of benzene rings is 1. The molecule has 1 unspecified atom stereocenters. The van der Waals surface area contributed by atoms with Crippen molar-refractivity contribution in [2.45, 2.75) is 83.1 Å². The number of ketones is 1. The molecule has 0 saturated carbocycles. The van der Waals surface area contributed by atoms with E-state index in [1.807, 2.05) is 49.9 Å². The minimum Gasteiger partial charge on any atom is -0.350 e. The third-order valence-electron chi connectivity index (χ3n) is 6.02. The van der Waals surface area contributed by atoms with Crippen molar-refractivity contribution in [3.8, 4) is 0 Å². The molecule has 0 aliphatic carbocycles. The average Bonchev–Trinajstić information content (AvgIpc) is 3.34. The minimum atomic E-state index is -1.03. The summed E-state index contributed by atoms with van der Waals surface area (Å²) in [5.41, 5.74) is 0.807. The zero-order chi connectivity index (χ0) is 25.8. The molecule has 1 heterocycles. The predicted octanol–water partition coefficient (Wildman–Crippen LogP) is 3.78. The van der Waals surface area contributed by atoms with Gasteiger partial charge in [0, 0.05) is 29.1 Å². The first kappa shape index (κ1) is 29.4. The molecule has 194 valence electrons. The topological polar surface area (TPSA) is 104 Å². The van der Waals surface area contributed by atoms with E-state index in [1.165, 1.54) is 18.6 Å². The quantitative estimate of drug-likeness (QED) is 0.234. The molecule has 1 fully saturated rings. The number of carbonyl (C=O) groups is 4. The van der Waals surface area contributed by atoms with E-state index in [0.29, 0.717) is 13.0 Å². The first-order valence-corrected chi connectivity index (χ1v) is 14.3. The van der Waals surface area contributed by atoms with Crippen LogP contribution in [0.15, 0.2) is 28.7 Å². The van der Waals surface area contributed by atoms with Gasteiger partial charge in [-0.1, -0.05) is 48.3 Å². The highest BCUT2D eigenvalue weighted by Gasteiger charge is 2.31. The van der Waals surface area contributed by atoms with Crippen LogP contribution in [0, 0.1) is 5.92 Å². The summed E-state index contributed by atoms with van der Waals surface area (Å²) in [7, 11) is 0. The Kier molecular flexibility index (Phi) is 12.8. The van der Waals surface area contributed by atoms with Crippen LogP contribution in [0.25, 0.3) is 0 Å². The summed E-state index contributed by atoms with van der Waals surface area (Å²) in [6.45, 7) is 5.73. The van der Waals surface area contributed by atoms with Gasteiger partial charge in [0.25, 0.3) is 5.91 Å². The molecule has 1 aromatic rings. The molecule has 3 N–H and O–H groups in total. The van der Waals surface area contributed by atoms with Crippen molar-refractivity contribution in [2.24, 2.45) is 5.92 Å². The van der Waals surface area contributed by atoms with E-state index in [9.17, 15) is 19.2 Å². The van der Waals surface area contributed by atoms with Crippen LogP contribution in [0.5, 0.6) is 0 Å². The molecule has 2 rings (SSSR count). The third-order valence-corrected chi connectivity index (χ3v) is 8.01. The minimum absolute atomic E-state index is 0.169. The Morgan fingerprint density at radius 2 is 1.80 bits per heavy atom. The number of amides is 3. The normalized spacial score (nSPS) is 17.0. The van der Waals surface area contributed by atoms with E-state index >= 15 is 0 Å². The molecule has 9 heteroatoms. The number of nitrogens with one attached hydrogen (secondary N) is 3. The SMILES string of the molecule is CCNC(=O)C(=O)[C@H](Cc1ccc(Br)cc1)NC(=O)[C@@H](NC(=O)CCCCC1CCCS1)C(C)C. The van der Waals surface area contributed by atoms with Gasteiger partial charge in [-0.25, -0.2) is 0 Å². The summed E-state index contributed by atoms with van der Waals surface area (Å²) < 4.78 is 0.890. The van der Waals surface area contributed by atoms with Crippen molar-refractivity contribution >= 4 is 51.2 Å². The van der Waals surface area contributed by atoms with E-state index in [1.54, 1.807) is 6.92 Å². The smallest absolute Gasteiger partial charge is 0.289 e. The monoisotopic (exact) mass is 567 g/mol. The first-order chi connectivity index (χ1) is 16.7. The number of hydrogen-bond donors (Lipinski definition) is 3. The van der Waals surface area contributed by atoms with Crippen LogP contribution in [-0.2, 0) is 25.6 Å². The Morgan fingerprint density at radius 1 is 1.09 bits per heavy atom. The van der Waals surface area contributed by atoms with Gasteiger partial charge in [0.05, 0.1) is 0 Å². The van der Waals surface area contributed by atoms with Gasteiger partial charge in [-0.05, 0) is 62.0 Å². The molecular formula is C26H38BrN3O4S. The number of likely N-dealkylation sites (N-methyl/N-ethyl adjacent to an activating group) is 1. The Hall–Kier alpha value is -1.87. The molecule has 1 aromatic carbocycles. The summed E-state index contributed by atoms with van der Waals surface area (Å²) in [6.07, 6.45) is 6.01. The maximum Gasteiger partial charge on any atom is 0.289 e. The van der Waals surface area contributed by atoms with Gasteiger partial charge in [0.15, 0.2) is 0 Å². The van der Waals surface area contributed by atoms with Crippen molar-refractivity contribution in [3.05, 3.63) is 34.3 Å². The first-order valence-electron chi connectivity index (χ1n) is 12.5. The Morgan fingerprint density at radius 3 is 2.40 bits per heavy atom. The summed E-state index contributed by atoms with van der Waals surface area (Å²) >= 11 is 5.40. The van der Waals surface area contributed by atoms with Crippen LogP contribution in [0.3, 0.4) is 0 Å². The second-order valence-electron chi connectivity index (χ2n) is 9.29. The highest BCUT2D eigenvalue weighted by Crippen LogP contribution is 2.30. The van der Waals surface area contributed by atoms with Crippen LogP contribution >= 0.6 is 27.7 Å². The molecule has 7 nitrogen and oxygen atoms in total. The predicted molar refractivity (Wildman–Crippen MR) is 144 cm³/mol. The summed E-state index contributed by atoms with van der Waals surface area (Å²) in [4.78, 5) is 50.8. The van der Waals surface area contributed by atoms with Crippen LogP contribution in [0.1, 0.15) is 64.9 Å². The molecule has 3 amide bonds. The van der Waals surface area contributed by atoms with Crippen molar-refractivity contribution in [2.75, 3.05) is 12.3 Å². The molecule has 3 atom stereocenters. The molecule has 0 radical (unpaired) electrons. The van der Waals surface area contributed by atoms with Crippen molar-refractivity contribution in [3.63, 3.8) is 0 Å². The summed E-state index contributed by atoms with van der Waals surface area (Å²) in [5, 5.41) is 8.80. The number of unbranched alkanes of at least 4 members (excludes halogenated alkanes) is 1. The van der Waals surface area contributed by atoms with E-state index in [4.69, 9.17) is 0 Å². The van der Waals surface area contributed by atoms with Gasteiger partial charge in [-0.15, -0.1) is 0 Å². The molecule has 1 aliphatic heterocycles. The molecule has 0 aromatic heterocycles. The molecule has 1 saturated heterocycles. The van der Waals surface area contributed by atoms with Gasteiger partial charge in [0.1, 0.15) is 12.1 Å². The highest BCUT2D eigenvalue weighted by molar-refractivity contribution is 9.10. The largest absolute Gasteiger partial charge is 0.350 e. The average molecular weight is 569 g/mol. The second kappa shape index (κ2) is 15.3. The standard InChI is InChI=1S/C26H38BrN3O4S/c1-4-28-26(34)24(32)21(16-18-11-13-19(27)14-12-18)29-25(33)23(17(2)3)30-22(31)10-6-5-8-20-9-7-15-35-20/h11-14,17,20-21,23H,4-10,15-16H2,1-3H3,(H,28,34)(H,29,33)(H,30,31)/t20?,21-,23-/m0/s1. The fourth-order valence-corrected chi connectivity index (χ4v) is 5.64. The van der Waals surface area contributed by atoms with E-state index in [2.05, 4.69) is 31.9 Å². The molecule has 0 spiro atoms. The zero-order valence-electron chi connectivity index (χ0n) is 20.9. The summed E-state index contributed by atoms with van der Waals surface area (Å²) in [5.74, 6) is -1.02. The molecule has 1 aliphatic rings. The lowest BCUT2D eigenvalue weighted by Gasteiger charge is -2.25. The third kappa shape index (κ3) is 10.3. The lowest BCUT2D eigenvalue weighted by Crippen LogP contribution is -2.56. The van der Waals surface area contributed by atoms with Crippen molar-refractivity contribution in [1.29, 1.82) is 0 Å². The second-order valence-corrected chi connectivity index (χ2v) is 11.6. The van der Waals surface area contributed by atoms with Gasteiger partial charge in [-0.2, -0.15) is 11.8 Å². The Bertz CT molecular complexity index is 857. The van der Waals surface area contributed by atoms with Crippen LogP contribution < -0.4 is 16.0 Å². The van der Waals surface area contributed by atoms with E-state index in [0.717, 1.165) is 34.5 Å². The fourth-order valence-electron chi connectivity index (χ4n) is 4.04. The zero-order valence-corrected chi connectivity index (χ0v) is 23.3. The van der Waals surface area contributed by atoms with Crippen molar-refractivity contribution < 1.29 is 19.2 Å². The molecule has 35 heavy (non-hydrogen) atoms. The number of rotatable bonds is 14. The van der Waals surface area contributed by atoms with Crippen molar-refractivity contribution in [1.82, 2.24) is 16.0 Å². The van der Waals surface area contributed by atoms with E-state index in [-0.39, 0.29) is 18.2 Å². The van der Waals surface area contributed by atoms with Crippen LogP contribution in [-0.4, -0.2) is 53.1 Å². The van der Waals surface area contributed by atoms with Crippen LogP contribution in [0.2, 0.25) is 0 Å².